The van der Waals surface area contributed by atoms with Gasteiger partial charge in [-0.1, -0.05) is 0 Å². The van der Waals surface area contributed by atoms with E-state index in [2.05, 4.69) is 14.9 Å². The smallest absolute Gasteiger partial charge is 0.252 e. The van der Waals surface area contributed by atoms with Crippen molar-refractivity contribution in [2.75, 3.05) is 25.1 Å². The van der Waals surface area contributed by atoms with Crippen molar-refractivity contribution < 1.29 is 4.74 Å². The van der Waals surface area contributed by atoms with Gasteiger partial charge in [-0.05, 0) is 12.8 Å². The third kappa shape index (κ3) is 2.65. The maximum Gasteiger partial charge on any atom is 0.252 e. The average molecular weight is 238 g/mol. The van der Waals surface area contributed by atoms with Gasteiger partial charge in [-0.3, -0.25) is 4.79 Å². The van der Waals surface area contributed by atoms with Gasteiger partial charge in [-0.25, -0.2) is 4.98 Å². The molecule has 2 heterocycles. The Morgan fingerprint density at radius 3 is 3.18 bits per heavy atom. The number of ether oxygens (including phenoxy) is 1. The second-order valence-corrected chi connectivity index (χ2v) is 4.23. The number of aromatic amines is 1. The Balaban J connectivity index is 2.17. The quantitative estimate of drug-likeness (QED) is 0.756. The van der Waals surface area contributed by atoms with E-state index in [9.17, 15) is 4.79 Å². The Hall–Kier alpha value is -1.40. The summed E-state index contributed by atoms with van der Waals surface area (Å²) in [5.74, 6) is 0.693. The zero-order valence-electron chi connectivity index (χ0n) is 9.93. The number of nitrogens with two attached hydrogens (primary N) is 1. The molecule has 1 fully saturated rings. The molecule has 0 amide bonds. The molecule has 0 aromatic carbocycles. The molecule has 1 aromatic rings. The maximum atomic E-state index is 11.3. The molecule has 6 heteroatoms. The lowest BCUT2D eigenvalue weighted by Gasteiger charge is -2.39. The van der Waals surface area contributed by atoms with Crippen molar-refractivity contribution in [3.8, 4) is 0 Å². The standard InChI is InChI=1S/C11H18N4O2/c1-17-9-2-3-15(8(4-9)6-12)10-5-11(16)14-7-13-10/h5,7-9H,2-4,6,12H2,1H3,(H,13,14,16). The molecule has 2 unspecified atom stereocenters. The second kappa shape index (κ2) is 5.29. The van der Waals surface area contributed by atoms with Crippen LogP contribution in [0, 0.1) is 0 Å². The van der Waals surface area contributed by atoms with Crippen LogP contribution in [-0.4, -0.2) is 42.3 Å². The van der Waals surface area contributed by atoms with Gasteiger partial charge in [-0.15, -0.1) is 0 Å². The minimum absolute atomic E-state index is 0.139. The Bertz CT molecular complexity index is 420. The van der Waals surface area contributed by atoms with Gasteiger partial charge in [0.05, 0.1) is 12.4 Å². The molecule has 0 saturated carbocycles. The summed E-state index contributed by atoms with van der Waals surface area (Å²) in [6, 6.07) is 1.69. The van der Waals surface area contributed by atoms with Crippen molar-refractivity contribution in [1.82, 2.24) is 9.97 Å². The second-order valence-electron chi connectivity index (χ2n) is 4.23. The van der Waals surface area contributed by atoms with Gasteiger partial charge in [0.1, 0.15) is 5.82 Å². The van der Waals surface area contributed by atoms with E-state index in [1.54, 1.807) is 7.11 Å². The predicted molar refractivity (Wildman–Crippen MR) is 65.1 cm³/mol. The number of methoxy groups -OCH3 is 1. The Kier molecular flexibility index (Phi) is 3.75. The number of rotatable bonds is 3. The van der Waals surface area contributed by atoms with Gasteiger partial charge in [0.2, 0.25) is 0 Å². The molecule has 94 valence electrons. The molecular formula is C11H18N4O2. The number of aromatic nitrogens is 2. The van der Waals surface area contributed by atoms with Gasteiger partial charge in [0.25, 0.3) is 5.56 Å². The van der Waals surface area contributed by atoms with Crippen LogP contribution in [0.5, 0.6) is 0 Å². The first kappa shape index (κ1) is 12.1. The Morgan fingerprint density at radius 1 is 1.71 bits per heavy atom. The molecule has 3 N–H and O–H groups in total. The minimum Gasteiger partial charge on any atom is -0.381 e. The molecule has 1 aromatic heterocycles. The summed E-state index contributed by atoms with van der Waals surface area (Å²) in [4.78, 5) is 20.1. The number of nitrogens with zero attached hydrogens (tertiary/aromatic N) is 2. The number of hydrogen-bond donors (Lipinski definition) is 2. The zero-order chi connectivity index (χ0) is 12.3. The first-order chi connectivity index (χ1) is 8.24. The monoisotopic (exact) mass is 238 g/mol. The lowest BCUT2D eigenvalue weighted by molar-refractivity contribution is 0.0708. The van der Waals surface area contributed by atoms with E-state index >= 15 is 0 Å². The summed E-state index contributed by atoms with van der Waals surface area (Å²) < 4.78 is 5.36. The van der Waals surface area contributed by atoms with Crippen LogP contribution in [0.3, 0.4) is 0 Å². The normalized spacial score (nSPS) is 24.9. The van der Waals surface area contributed by atoms with Crippen molar-refractivity contribution in [3.05, 3.63) is 22.7 Å². The molecule has 0 aliphatic carbocycles. The molecule has 1 aliphatic rings. The van der Waals surface area contributed by atoms with Crippen LogP contribution >= 0.6 is 0 Å². The highest BCUT2D eigenvalue weighted by atomic mass is 16.5. The van der Waals surface area contributed by atoms with Crippen LogP contribution in [0.15, 0.2) is 17.2 Å². The van der Waals surface area contributed by atoms with Crippen LogP contribution in [0.2, 0.25) is 0 Å². The van der Waals surface area contributed by atoms with Gasteiger partial charge in [0, 0.05) is 32.3 Å². The highest BCUT2D eigenvalue weighted by Crippen LogP contribution is 2.23. The van der Waals surface area contributed by atoms with E-state index in [4.69, 9.17) is 10.5 Å². The van der Waals surface area contributed by atoms with Crippen molar-refractivity contribution in [2.24, 2.45) is 5.73 Å². The number of nitrogens with one attached hydrogen (secondary N) is 1. The highest BCUT2D eigenvalue weighted by molar-refractivity contribution is 5.39. The molecule has 0 bridgehead atoms. The molecule has 0 spiro atoms. The first-order valence-corrected chi connectivity index (χ1v) is 5.79. The van der Waals surface area contributed by atoms with Crippen LogP contribution in [0.1, 0.15) is 12.8 Å². The van der Waals surface area contributed by atoms with E-state index in [-0.39, 0.29) is 17.7 Å². The fraction of sp³-hybridized carbons (Fsp3) is 0.636. The summed E-state index contributed by atoms with van der Waals surface area (Å²) in [5.41, 5.74) is 5.64. The largest absolute Gasteiger partial charge is 0.381 e. The predicted octanol–water partition coefficient (Wildman–Crippen LogP) is -0.288. The summed E-state index contributed by atoms with van der Waals surface area (Å²) in [6.07, 6.45) is 3.48. The average Bonchev–Trinajstić information content (AvgIpc) is 2.38. The van der Waals surface area contributed by atoms with E-state index < -0.39 is 0 Å². The Morgan fingerprint density at radius 2 is 2.53 bits per heavy atom. The summed E-state index contributed by atoms with van der Waals surface area (Å²) >= 11 is 0. The lowest BCUT2D eigenvalue weighted by Crippen LogP contribution is -2.49. The molecular weight excluding hydrogens is 220 g/mol. The molecule has 2 rings (SSSR count). The van der Waals surface area contributed by atoms with Crippen LogP contribution < -0.4 is 16.2 Å². The molecule has 0 radical (unpaired) electrons. The van der Waals surface area contributed by atoms with Crippen molar-refractivity contribution >= 4 is 5.82 Å². The van der Waals surface area contributed by atoms with E-state index in [0.29, 0.717) is 12.4 Å². The van der Waals surface area contributed by atoms with Crippen LogP contribution in [-0.2, 0) is 4.74 Å². The summed E-state index contributed by atoms with van der Waals surface area (Å²) in [5, 5.41) is 0. The minimum atomic E-state index is -0.139. The van der Waals surface area contributed by atoms with Gasteiger partial charge >= 0.3 is 0 Å². The maximum absolute atomic E-state index is 11.3. The van der Waals surface area contributed by atoms with Gasteiger partial charge in [-0.2, -0.15) is 0 Å². The van der Waals surface area contributed by atoms with Crippen molar-refractivity contribution in [1.29, 1.82) is 0 Å². The van der Waals surface area contributed by atoms with Crippen molar-refractivity contribution in [3.63, 3.8) is 0 Å². The SMILES string of the molecule is COC1CCN(c2cc(=O)[nH]cn2)C(CN)C1. The number of hydrogen-bond acceptors (Lipinski definition) is 5. The topological polar surface area (TPSA) is 84.2 Å². The molecule has 2 atom stereocenters. The highest BCUT2D eigenvalue weighted by Gasteiger charge is 2.28. The fourth-order valence-corrected chi connectivity index (χ4v) is 2.27. The molecule has 17 heavy (non-hydrogen) atoms. The van der Waals surface area contributed by atoms with E-state index in [1.807, 2.05) is 0 Å². The zero-order valence-corrected chi connectivity index (χ0v) is 9.93. The summed E-state index contributed by atoms with van der Waals surface area (Å²) in [6.45, 7) is 1.35. The van der Waals surface area contributed by atoms with Crippen molar-refractivity contribution in [2.45, 2.75) is 25.0 Å². The first-order valence-electron chi connectivity index (χ1n) is 5.79. The molecule has 1 aliphatic heterocycles. The molecule has 1 saturated heterocycles. The molecule has 6 nitrogen and oxygen atoms in total. The van der Waals surface area contributed by atoms with Gasteiger partial charge < -0.3 is 20.4 Å². The van der Waals surface area contributed by atoms with E-state index in [1.165, 1.54) is 12.4 Å². The number of H-pyrrole nitrogens is 1. The number of piperidine rings is 1. The third-order valence-electron chi connectivity index (χ3n) is 3.23. The van der Waals surface area contributed by atoms with Crippen LogP contribution in [0.4, 0.5) is 5.82 Å². The number of anilines is 1. The summed E-state index contributed by atoms with van der Waals surface area (Å²) in [7, 11) is 1.72. The third-order valence-corrected chi connectivity index (χ3v) is 3.23. The van der Waals surface area contributed by atoms with Gasteiger partial charge in [0.15, 0.2) is 0 Å². The van der Waals surface area contributed by atoms with Crippen LogP contribution in [0.25, 0.3) is 0 Å². The van der Waals surface area contributed by atoms with E-state index in [0.717, 1.165) is 19.4 Å². The lowest BCUT2D eigenvalue weighted by atomic mass is 9.99. The fourth-order valence-electron chi connectivity index (χ4n) is 2.27. The Labute approximate surface area is 99.8 Å².